The predicted molar refractivity (Wildman–Crippen MR) is 121 cm³/mol. The molecule has 0 fully saturated rings. The van der Waals surface area contributed by atoms with Crippen LogP contribution < -0.4 is 5.32 Å². The highest BCUT2D eigenvalue weighted by atomic mass is 16.3. The predicted octanol–water partition coefficient (Wildman–Crippen LogP) is 5.98. The summed E-state index contributed by atoms with van der Waals surface area (Å²) in [5.41, 5.74) is 5.08. The molecule has 1 unspecified atom stereocenters. The quantitative estimate of drug-likeness (QED) is 0.404. The lowest BCUT2D eigenvalue weighted by molar-refractivity contribution is 0.595. The maximum absolute atomic E-state index is 5.89. The van der Waals surface area contributed by atoms with Gasteiger partial charge in [0.05, 0.1) is 23.5 Å². The number of benzene rings is 3. The van der Waals surface area contributed by atoms with Crippen molar-refractivity contribution in [2.24, 2.45) is 4.99 Å². The van der Waals surface area contributed by atoms with Gasteiger partial charge in [-0.3, -0.25) is 0 Å². The second-order valence-electron chi connectivity index (χ2n) is 7.38. The van der Waals surface area contributed by atoms with Gasteiger partial charge in [-0.1, -0.05) is 78.9 Å². The van der Waals surface area contributed by atoms with Gasteiger partial charge in [-0.25, -0.2) is 9.56 Å². The molecule has 4 nitrogen and oxygen atoms in total. The fourth-order valence-electron chi connectivity index (χ4n) is 4.14. The van der Waals surface area contributed by atoms with Crippen LogP contribution in [-0.2, 0) is 0 Å². The lowest BCUT2D eigenvalue weighted by Gasteiger charge is -2.25. The van der Waals surface area contributed by atoms with E-state index in [4.69, 9.17) is 9.41 Å². The topological polar surface area (TPSA) is 42.5 Å². The van der Waals surface area contributed by atoms with Crippen LogP contribution in [0.25, 0.3) is 27.7 Å². The number of fused-ring (bicyclic) bond motifs is 3. The van der Waals surface area contributed by atoms with Crippen LogP contribution in [-0.4, -0.2) is 10.5 Å². The van der Waals surface area contributed by atoms with Crippen molar-refractivity contribution in [3.8, 4) is 0 Å². The van der Waals surface area contributed by atoms with Crippen LogP contribution in [0.4, 0.5) is 0 Å². The number of nitrogens with one attached hydrogen (secondary N) is 1. The molecule has 1 aliphatic heterocycles. The number of aliphatic imine (C=N–C) groups is 1. The molecule has 4 heteroatoms. The zero-order valence-corrected chi connectivity index (χ0v) is 16.2. The lowest BCUT2D eigenvalue weighted by Crippen LogP contribution is -2.35. The first-order valence-corrected chi connectivity index (χ1v) is 10.0. The second-order valence-corrected chi connectivity index (χ2v) is 7.38. The summed E-state index contributed by atoms with van der Waals surface area (Å²) in [5.74, 6) is 0.756. The zero-order chi connectivity index (χ0) is 19.9. The molecule has 0 spiro atoms. The summed E-state index contributed by atoms with van der Waals surface area (Å²) < 4.78 is 7.97. The molecule has 1 N–H and O–H groups in total. The minimum atomic E-state index is 0.0000746. The average Bonchev–Trinajstić information content (AvgIpc) is 3.41. The highest BCUT2D eigenvalue weighted by molar-refractivity contribution is 6.13. The summed E-state index contributed by atoms with van der Waals surface area (Å²) in [7, 11) is 0. The first-order valence-electron chi connectivity index (χ1n) is 10.0. The van der Waals surface area contributed by atoms with Crippen LogP contribution in [0.5, 0.6) is 0 Å². The fourth-order valence-corrected chi connectivity index (χ4v) is 4.14. The van der Waals surface area contributed by atoms with Crippen molar-refractivity contribution < 1.29 is 4.42 Å². The summed E-state index contributed by atoms with van der Waals surface area (Å²) in [6.45, 7) is 0. The van der Waals surface area contributed by atoms with Gasteiger partial charge in [0.1, 0.15) is 0 Å². The molecule has 0 aliphatic carbocycles. The maximum atomic E-state index is 5.89. The summed E-state index contributed by atoms with van der Waals surface area (Å²) in [4.78, 5) is 5.02. The number of para-hydroxylation sites is 1. The van der Waals surface area contributed by atoms with E-state index in [1.165, 1.54) is 5.56 Å². The minimum absolute atomic E-state index is 0.0000746. The van der Waals surface area contributed by atoms with E-state index in [0.29, 0.717) is 0 Å². The van der Waals surface area contributed by atoms with Crippen molar-refractivity contribution in [1.82, 2.24) is 9.88 Å². The molecule has 0 saturated heterocycles. The van der Waals surface area contributed by atoms with Gasteiger partial charge in [0.2, 0.25) is 11.7 Å². The molecule has 144 valence electrons. The molecule has 0 saturated carbocycles. The van der Waals surface area contributed by atoms with Crippen LogP contribution in [0.1, 0.15) is 17.2 Å². The molecule has 2 aromatic heterocycles. The van der Waals surface area contributed by atoms with E-state index in [2.05, 4.69) is 70.6 Å². The maximum Gasteiger partial charge on any atom is 0.214 e. The number of aromatic nitrogens is 1. The third kappa shape index (κ3) is 2.65. The Morgan fingerprint density at radius 2 is 1.50 bits per heavy atom. The molecular formula is C26H19N3O. The van der Waals surface area contributed by atoms with Crippen LogP contribution in [0.15, 0.2) is 113 Å². The van der Waals surface area contributed by atoms with E-state index in [0.717, 1.165) is 39.2 Å². The number of nitrogens with zero attached hydrogens (tertiary/aromatic N) is 2. The molecular weight excluding hydrogens is 370 g/mol. The monoisotopic (exact) mass is 389 g/mol. The summed E-state index contributed by atoms with van der Waals surface area (Å²) in [6, 6.07) is 31.1. The molecule has 5 aromatic rings. The van der Waals surface area contributed by atoms with Gasteiger partial charge in [0, 0.05) is 16.3 Å². The van der Waals surface area contributed by atoms with Gasteiger partial charge < -0.3 is 9.73 Å². The molecule has 1 atom stereocenters. The van der Waals surface area contributed by atoms with Crippen LogP contribution in [0.3, 0.4) is 0 Å². The van der Waals surface area contributed by atoms with Gasteiger partial charge in [0.15, 0.2) is 0 Å². The molecule has 0 amide bonds. The van der Waals surface area contributed by atoms with Crippen molar-refractivity contribution in [1.29, 1.82) is 0 Å². The second kappa shape index (κ2) is 6.78. The smallest absolute Gasteiger partial charge is 0.214 e. The standard InChI is InChI=1S/C26H19N3O/c1-3-9-18(10-4-1)22-17-23(19-11-5-2-6-12-19)28-26(27-22)29-24-14-8-7-13-20(24)21-15-16-30-25(21)29/h1-17,22H,(H,27,28). The van der Waals surface area contributed by atoms with Crippen molar-refractivity contribution in [2.75, 3.05) is 0 Å². The SMILES string of the molecule is C1=C(c2ccccc2)N=C(n2c3ccccc3c3ccoc32)NC1c1ccccc1. The third-order valence-electron chi connectivity index (χ3n) is 5.56. The van der Waals surface area contributed by atoms with E-state index in [1.807, 2.05) is 36.4 Å². The number of hydrogen-bond acceptors (Lipinski definition) is 3. The van der Waals surface area contributed by atoms with Crippen molar-refractivity contribution >= 4 is 33.7 Å². The van der Waals surface area contributed by atoms with Crippen LogP contribution >= 0.6 is 0 Å². The molecule has 1 aliphatic rings. The Hall–Kier alpha value is -4.05. The largest absolute Gasteiger partial charge is 0.447 e. The normalized spacial score (nSPS) is 16.3. The molecule has 0 radical (unpaired) electrons. The Balaban J connectivity index is 1.58. The van der Waals surface area contributed by atoms with E-state index >= 15 is 0 Å². The average molecular weight is 389 g/mol. The van der Waals surface area contributed by atoms with Gasteiger partial charge >= 0.3 is 0 Å². The zero-order valence-electron chi connectivity index (χ0n) is 16.2. The highest BCUT2D eigenvalue weighted by Crippen LogP contribution is 2.32. The molecule has 3 heterocycles. The molecule has 6 rings (SSSR count). The van der Waals surface area contributed by atoms with E-state index < -0.39 is 0 Å². The Kier molecular flexibility index (Phi) is 3.81. The summed E-state index contributed by atoms with van der Waals surface area (Å²) in [6.07, 6.45) is 3.92. The van der Waals surface area contributed by atoms with Gasteiger partial charge in [0.25, 0.3) is 0 Å². The Labute approximate surface area is 173 Å². The highest BCUT2D eigenvalue weighted by Gasteiger charge is 2.23. The van der Waals surface area contributed by atoms with Crippen molar-refractivity contribution in [2.45, 2.75) is 6.04 Å². The summed E-state index contributed by atoms with van der Waals surface area (Å²) in [5, 5.41) is 5.86. The van der Waals surface area contributed by atoms with Crippen LogP contribution in [0.2, 0.25) is 0 Å². The first kappa shape index (κ1) is 16.9. The van der Waals surface area contributed by atoms with E-state index in [1.54, 1.807) is 6.26 Å². The lowest BCUT2D eigenvalue weighted by atomic mass is 10.0. The fraction of sp³-hybridized carbons (Fsp3) is 0.0385. The van der Waals surface area contributed by atoms with Gasteiger partial charge in [-0.2, -0.15) is 0 Å². The Bertz CT molecular complexity index is 1410. The van der Waals surface area contributed by atoms with Gasteiger partial charge in [-0.15, -0.1) is 0 Å². The Morgan fingerprint density at radius 1 is 0.767 bits per heavy atom. The summed E-state index contributed by atoms with van der Waals surface area (Å²) >= 11 is 0. The van der Waals surface area contributed by atoms with Gasteiger partial charge in [-0.05, 0) is 23.8 Å². The minimum Gasteiger partial charge on any atom is -0.447 e. The van der Waals surface area contributed by atoms with E-state index in [-0.39, 0.29) is 6.04 Å². The van der Waals surface area contributed by atoms with Crippen molar-refractivity contribution in [3.63, 3.8) is 0 Å². The van der Waals surface area contributed by atoms with Crippen molar-refractivity contribution in [3.05, 3.63) is 114 Å². The number of furan rings is 1. The third-order valence-corrected chi connectivity index (χ3v) is 5.56. The molecule has 0 bridgehead atoms. The molecule has 3 aromatic carbocycles. The number of rotatable bonds is 2. The molecule has 30 heavy (non-hydrogen) atoms. The van der Waals surface area contributed by atoms with E-state index in [9.17, 15) is 0 Å². The number of hydrogen-bond donors (Lipinski definition) is 1. The van der Waals surface area contributed by atoms with Crippen LogP contribution in [0, 0.1) is 0 Å². The Morgan fingerprint density at radius 3 is 2.33 bits per heavy atom. The first-order chi connectivity index (χ1) is 14.9.